The Hall–Kier alpha value is -1.09. The number of nitrogens with one attached hydrogen (secondary N) is 2. The predicted octanol–water partition coefficient (Wildman–Crippen LogP) is 2.86. The van der Waals surface area contributed by atoms with Gasteiger partial charge in [0.1, 0.15) is 11.6 Å². The van der Waals surface area contributed by atoms with Gasteiger partial charge in [-0.1, -0.05) is 6.42 Å². The molecule has 0 amide bonds. The largest absolute Gasteiger partial charge is 0.494 e. The van der Waals surface area contributed by atoms with Crippen LogP contribution in [0.5, 0.6) is 5.75 Å². The summed E-state index contributed by atoms with van der Waals surface area (Å²) in [7, 11) is 1.78. The molecule has 25 heavy (non-hydrogen) atoms. The summed E-state index contributed by atoms with van der Waals surface area (Å²) >= 11 is 0. The molecule has 0 aromatic heterocycles. The molecule has 0 bridgehead atoms. The summed E-state index contributed by atoms with van der Waals surface area (Å²) in [5, 5.41) is 6.63. The minimum absolute atomic E-state index is 0. The third-order valence-corrected chi connectivity index (χ3v) is 4.09. The molecule has 1 aliphatic heterocycles. The molecule has 7 heteroatoms. The number of likely N-dealkylation sites (tertiary alicyclic amines) is 1. The van der Waals surface area contributed by atoms with E-state index < -0.39 is 0 Å². The van der Waals surface area contributed by atoms with Crippen LogP contribution in [0.3, 0.4) is 0 Å². The summed E-state index contributed by atoms with van der Waals surface area (Å²) in [4.78, 5) is 6.73. The van der Waals surface area contributed by atoms with E-state index in [0.29, 0.717) is 12.4 Å². The summed E-state index contributed by atoms with van der Waals surface area (Å²) in [6, 6.07) is 6.09. The summed E-state index contributed by atoms with van der Waals surface area (Å²) in [6.07, 6.45) is 4.86. The fourth-order valence-corrected chi connectivity index (χ4v) is 2.74. The van der Waals surface area contributed by atoms with Crippen molar-refractivity contribution >= 4 is 29.9 Å². The van der Waals surface area contributed by atoms with Gasteiger partial charge in [0.2, 0.25) is 0 Å². The Labute approximate surface area is 167 Å². The summed E-state index contributed by atoms with van der Waals surface area (Å²) in [5.41, 5.74) is 0. The van der Waals surface area contributed by atoms with Gasteiger partial charge in [-0.15, -0.1) is 24.0 Å². The van der Waals surface area contributed by atoms with Crippen molar-refractivity contribution in [2.24, 2.45) is 4.99 Å². The zero-order chi connectivity index (χ0) is 17.0. The SMILES string of the molecule is CN=C(NCCCOc1ccc(F)cc1)NCCN1CCCCC1.I. The molecular formula is C18H30FIN4O. The van der Waals surface area contributed by atoms with Gasteiger partial charge in [-0.25, -0.2) is 4.39 Å². The lowest BCUT2D eigenvalue weighted by Crippen LogP contribution is -2.43. The molecule has 1 aromatic rings. The fourth-order valence-electron chi connectivity index (χ4n) is 2.74. The highest BCUT2D eigenvalue weighted by Gasteiger charge is 2.09. The first kappa shape index (κ1) is 22.0. The van der Waals surface area contributed by atoms with E-state index in [4.69, 9.17) is 4.74 Å². The first-order valence-electron chi connectivity index (χ1n) is 8.83. The van der Waals surface area contributed by atoms with Gasteiger partial charge >= 0.3 is 0 Å². The van der Waals surface area contributed by atoms with E-state index in [1.807, 2.05) is 0 Å². The Bertz CT molecular complexity index is 492. The molecule has 1 fully saturated rings. The molecule has 142 valence electrons. The fraction of sp³-hybridized carbons (Fsp3) is 0.611. The highest BCUT2D eigenvalue weighted by Crippen LogP contribution is 2.11. The van der Waals surface area contributed by atoms with Crippen LogP contribution in [-0.4, -0.2) is 57.2 Å². The van der Waals surface area contributed by atoms with Crippen LogP contribution in [0, 0.1) is 5.82 Å². The van der Waals surface area contributed by atoms with E-state index in [2.05, 4.69) is 20.5 Å². The Morgan fingerprint density at radius 3 is 2.48 bits per heavy atom. The van der Waals surface area contributed by atoms with Crippen molar-refractivity contribution in [3.8, 4) is 5.75 Å². The molecule has 5 nitrogen and oxygen atoms in total. The second-order valence-electron chi connectivity index (χ2n) is 5.98. The maximum atomic E-state index is 12.8. The van der Waals surface area contributed by atoms with Crippen molar-refractivity contribution < 1.29 is 9.13 Å². The minimum atomic E-state index is -0.247. The Kier molecular flexibility index (Phi) is 11.6. The van der Waals surface area contributed by atoms with E-state index in [0.717, 1.165) is 32.0 Å². The van der Waals surface area contributed by atoms with Gasteiger partial charge in [-0.3, -0.25) is 4.99 Å². The smallest absolute Gasteiger partial charge is 0.191 e. The van der Waals surface area contributed by atoms with Crippen LogP contribution < -0.4 is 15.4 Å². The molecule has 1 heterocycles. The highest BCUT2D eigenvalue weighted by atomic mass is 127. The lowest BCUT2D eigenvalue weighted by Gasteiger charge is -2.26. The van der Waals surface area contributed by atoms with E-state index in [1.54, 1.807) is 19.2 Å². The molecule has 0 aliphatic carbocycles. The number of aliphatic imine (C=N–C) groups is 1. The molecule has 1 aliphatic rings. The molecule has 0 radical (unpaired) electrons. The normalized spacial score (nSPS) is 15.4. The summed E-state index contributed by atoms with van der Waals surface area (Å²) in [5.74, 6) is 1.28. The number of nitrogens with zero attached hydrogens (tertiary/aromatic N) is 2. The summed E-state index contributed by atoms with van der Waals surface area (Å²) < 4.78 is 18.4. The minimum Gasteiger partial charge on any atom is -0.494 e. The Morgan fingerprint density at radius 1 is 1.12 bits per heavy atom. The number of hydrogen-bond donors (Lipinski definition) is 2. The lowest BCUT2D eigenvalue weighted by molar-refractivity contribution is 0.232. The van der Waals surface area contributed by atoms with E-state index in [1.165, 1.54) is 44.5 Å². The monoisotopic (exact) mass is 464 g/mol. The van der Waals surface area contributed by atoms with Crippen LogP contribution >= 0.6 is 24.0 Å². The number of benzene rings is 1. The molecule has 1 saturated heterocycles. The Balaban J connectivity index is 0.00000312. The van der Waals surface area contributed by atoms with E-state index in [-0.39, 0.29) is 29.8 Å². The molecule has 2 N–H and O–H groups in total. The lowest BCUT2D eigenvalue weighted by atomic mass is 10.1. The van der Waals surface area contributed by atoms with Crippen molar-refractivity contribution in [1.29, 1.82) is 0 Å². The molecule has 0 spiro atoms. The average Bonchev–Trinajstić information content (AvgIpc) is 2.62. The molecule has 1 aromatic carbocycles. The zero-order valence-electron chi connectivity index (χ0n) is 15.0. The second kappa shape index (κ2) is 13.2. The van der Waals surface area contributed by atoms with Crippen LogP contribution in [0.1, 0.15) is 25.7 Å². The van der Waals surface area contributed by atoms with E-state index in [9.17, 15) is 4.39 Å². The van der Waals surface area contributed by atoms with Crippen LogP contribution in [0.2, 0.25) is 0 Å². The molecule has 0 unspecified atom stereocenters. The van der Waals surface area contributed by atoms with Crippen molar-refractivity contribution in [3.63, 3.8) is 0 Å². The van der Waals surface area contributed by atoms with Crippen molar-refractivity contribution in [2.75, 3.05) is 46.4 Å². The van der Waals surface area contributed by atoms with Crippen LogP contribution in [0.25, 0.3) is 0 Å². The van der Waals surface area contributed by atoms with Crippen LogP contribution in [-0.2, 0) is 0 Å². The van der Waals surface area contributed by atoms with Crippen molar-refractivity contribution in [2.45, 2.75) is 25.7 Å². The van der Waals surface area contributed by atoms with Crippen molar-refractivity contribution in [3.05, 3.63) is 30.1 Å². The second-order valence-corrected chi connectivity index (χ2v) is 5.98. The number of rotatable bonds is 8. The molecule has 2 rings (SSSR count). The zero-order valence-corrected chi connectivity index (χ0v) is 17.3. The quantitative estimate of drug-likeness (QED) is 0.269. The third kappa shape index (κ3) is 9.25. The predicted molar refractivity (Wildman–Crippen MR) is 112 cm³/mol. The number of guanidine groups is 1. The molecular weight excluding hydrogens is 434 g/mol. The van der Waals surface area contributed by atoms with Gasteiger partial charge in [0.15, 0.2) is 5.96 Å². The highest BCUT2D eigenvalue weighted by molar-refractivity contribution is 14.0. The number of hydrogen-bond acceptors (Lipinski definition) is 3. The Morgan fingerprint density at radius 2 is 1.80 bits per heavy atom. The van der Waals surface area contributed by atoms with Gasteiger partial charge in [-0.05, 0) is 56.6 Å². The topological polar surface area (TPSA) is 48.9 Å². The maximum absolute atomic E-state index is 12.8. The number of piperidine rings is 1. The molecule has 0 saturated carbocycles. The first-order valence-corrected chi connectivity index (χ1v) is 8.83. The first-order chi connectivity index (χ1) is 11.8. The number of halogens is 2. The van der Waals surface area contributed by atoms with E-state index >= 15 is 0 Å². The third-order valence-electron chi connectivity index (χ3n) is 4.09. The standard InChI is InChI=1S/C18H29FN4O.HI/c1-20-18(22-11-14-23-12-3-2-4-13-23)21-10-5-15-24-17-8-6-16(19)7-9-17;/h6-9H,2-5,10-15H2,1H3,(H2,20,21,22);1H. The average molecular weight is 464 g/mol. The van der Waals surface area contributed by atoms with Gasteiger partial charge in [-0.2, -0.15) is 0 Å². The maximum Gasteiger partial charge on any atom is 0.191 e. The van der Waals surface area contributed by atoms with Gasteiger partial charge in [0, 0.05) is 26.7 Å². The van der Waals surface area contributed by atoms with Gasteiger partial charge in [0.25, 0.3) is 0 Å². The van der Waals surface area contributed by atoms with Crippen molar-refractivity contribution in [1.82, 2.24) is 15.5 Å². The molecule has 0 atom stereocenters. The van der Waals surface area contributed by atoms with Gasteiger partial charge in [0.05, 0.1) is 6.61 Å². The number of ether oxygens (including phenoxy) is 1. The van der Waals surface area contributed by atoms with Crippen LogP contribution in [0.15, 0.2) is 29.3 Å². The van der Waals surface area contributed by atoms with Crippen LogP contribution in [0.4, 0.5) is 4.39 Å². The van der Waals surface area contributed by atoms with Gasteiger partial charge < -0.3 is 20.3 Å². The summed E-state index contributed by atoms with van der Waals surface area (Å²) in [6.45, 7) is 5.77.